The maximum absolute atomic E-state index is 2.26. The van der Waals surface area contributed by atoms with Crippen LogP contribution in [0, 0.1) is 0 Å². The Morgan fingerprint density at radius 2 is 1.37 bits per heavy atom. The normalized spacial score (nSPS) is 13.1. The van der Waals surface area contributed by atoms with E-state index in [1.807, 2.05) is 0 Å². The van der Waals surface area contributed by atoms with Gasteiger partial charge in [-0.2, -0.15) is 0 Å². The van der Waals surface area contributed by atoms with E-state index in [0.717, 1.165) is 0 Å². The van der Waals surface area contributed by atoms with Crippen LogP contribution in [0.2, 0.25) is 0 Å². The fourth-order valence-corrected chi connectivity index (χ4v) is 2.12. The molecule has 0 heteroatoms. The lowest BCUT2D eigenvalue weighted by Gasteiger charge is -2.07. The van der Waals surface area contributed by atoms with Crippen molar-refractivity contribution >= 4 is 6.08 Å². The van der Waals surface area contributed by atoms with Gasteiger partial charge in [-0.05, 0) is 28.5 Å². The van der Waals surface area contributed by atoms with E-state index in [2.05, 4.69) is 87.5 Å². The van der Waals surface area contributed by atoms with Crippen LogP contribution in [0.3, 0.4) is 0 Å². The molecule has 0 fully saturated rings. The zero-order valence-electron chi connectivity index (χ0n) is 12.0. The number of rotatable bonds is 4. The third-order valence-electron chi connectivity index (χ3n) is 3.51. The summed E-state index contributed by atoms with van der Waals surface area (Å²) in [5.74, 6) is 1.05. The molecule has 0 radical (unpaired) electrons. The summed E-state index contributed by atoms with van der Waals surface area (Å²) in [6.45, 7) is 6.68. The van der Waals surface area contributed by atoms with Crippen molar-refractivity contribution < 1.29 is 0 Å². The number of benzene rings is 2. The molecule has 0 aliphatic carbocycles. The van der Waals surface area contributed by atoms with E-state index in [1.54, 1.807) is 0 Å². The second-order valence-corrected chi connectivity index (χ2v) is 5.38. The molecular formula is C19H22. The van der Waals surface area contributed by atoms with Gasteiger partial charge >= 0.3 is 0 Å². The summed E-state index contributed by atoms with van der Waals surface area (Å²) in [5.41, 5.74) is 4.03. The molecule has 0 unspecified atom stereocenters. The Labute approximate surface area is 116 Å². The van der Waals surface area contributed by atoms with Gasteiger partial charge in [-0.3, -0.25) is 0 Å². The molecule has 2 aromatic rings. The van der Waals surface area contributed by atoms with Crippen LogP contribution in [-0.2, 0) is 0 Å². The quantitative estimate of drug-likeness (QED) is 0.660. The predicted molar refractivity (Wildman–Crippen MR) is 84.4 cm³/mol. The molecule has 0 bridgehead atoms. The third kappa shape index (κ3) is 3.82. The van der Waals surface area contributed by atoms with Gasteiger partial charge in [0.15, 0.2) is 0 Å². The van der Waals surface area contributed by atoms with Gasteiger partial charge in [-0.1, -0.05) is 87.5 Å². The number of hydrogen-bond donors (Lipinski definition) is 0. The summed E-state index contributed by atoms with van der Waals surface area (Å²) in [6, 6.07) is 19.4. The van der Waals surface area contributed by atoms with Crippen molar-refractivity contribution in [3.63, 3.8) is 0 Å². The average molecular weight is 250 g/mol. The minimum Gasteiger partial charge on any atom is -0.0767 e. The Balaban J connectivity index is 2.06. The summed E-state index contributed by atoms with van der Waals surface area (Å²) in [4.78, 5) is 0. The Hall–Kier alpha value is -1.82. The van der Waals surface area contributed by atoms with Crippen molar-refractivity contribution in [3.8, 4) is 0 Å². The van der Waals surface area contributed by atoms with E-state index in [-0.39, 0.29) is 0 Å². The second-order valence-electron chi connectivity index (χ2n) is 5.38. The Kier molecular flexibility index (Phi) is 4.57. The Bertz CT molecular complexity index is 518. The molecule has 0 amide bonds. The number of hydrogen-bond acceptors (Lipinski definition) is 0. The lowest BCUT2D eigenvalue weighted by molar-refractivity contribution is 0.866. The van der Waals surface area contributed by atoms with Gasteiger partial charge in [0.1, 0.15) is 0 Å². The molecule has 0 aliphatic heterocycles. The van der Waals surface area contributed by atoms with Gasteiger partial charge in [0.2, 0.25) is 0 Å². The van der Waals surface area contributed by atoms with Crippen LogP contribution in [-0.4, -0.2) is 0 Å². The minimum atomic E-state index is 0.450. The molecule has 0 heterocycles. The molecule has 0 aromatic heterocycles. The first kappa shape index (κ1) is 13.6. The minimum absolute atomic E-state index is 0.450. The van der Waals surface area contributed by atoms with E-state index in [1.165, 1.54) is 16.7 Å². The van der Waals surface area contributed by atoms with Gasteiger partial charge in [-0.15, -0.1) is 0 Å². The fraction of sp³-hybridized carbons (Fsp3) is 0.263. The van der Waals surface area contributed by atoms with Crippen LogP contribution in [0.25, 0.3) is 6.08 Å². The van der Waals surface area contributed by atoms with Crippen molar-refractivity contribution in [1.82, 2.24) is 0 Å². The molecular weight excluding hydrogens is 228 g/mol. The summed E-state index contributed by atoms with van der Waals surface area (Å²) in [7, 11) is 0. The molecule has 98 valence electrons. The highest BCUT2D eigenvalue weighted by atomic mass is 14.1. The topological polar surface area (TPSA) is 0 Å². The van der Waals surface area contributed by atoms with E-state index < -0.39 is 0 Å². The lowest BCUT2D eigenvalue weighted by Crippen LogP contribution is -1.88. The summed E-state index contributed by atoms with van der Waals surface area (Å²) in [6.07, 6.45) is 4.47. The van der Waals surface area contributed by atoms with E-state index >= 15 is 0 Å². The van der Waals surface area contributed by atoms with Crippen molar-refractivity contribution in [2.75, 3.05) is 0 Å². The van der Waals surface area contributed by atoms with Crippen LogP contribution >= 0.6 is 0 Å². The molecule has 0 saturated carbocycles. The second kappa shape index (κ2) is 6.38. The molecule has 2 aromatic carbocycles. The van der Waals surface area contributed by atoms with Crippen molar-refractivity contribution in [2.45, 2.75) is 32.6 Å². The maximum atomic E-state index is 2.26. The zero-order valence-corrected chi connectivity index (χ0v) is 12.0. The predicted octanol–water partition coefficient (Wildman–Crippen LogP) is 5.63. The molecule has 0 N–H and O–H groups in total. The Morgan fingerprint density at radius 1 is 0.737 bits per heavy atom. The number of allylic oxidation sites excluding steroid dienone is 1. The molecule has 1 atom stereocenters. The summed E-state index contributed by atoms with van der Waals surface area (Å²) < 4.78 is 0. The summed E-state index contributed by atoms with van der Waals surface area (Å²) in [5, 5.41) is 0. The van der Waals surface area contributed by atoms with Crippen molar-refractivity contribution in [3.05, 3.63) is 77.4 Å². The molecule has 0 spiro atoms. The highest BCUT2D eigenvalue weighted by Crippen LogP contribution is 2.19. The largest absolute Gasteiger partial charge is 0.0767 e. The van der Waals surface area contributed by atoms with Gasteiger partial charge < -0.3 is 0 Å². The summed E-state index contributed by atoms with van der Waals surface area (Å²) >= 11 is 0. The van der Waals surface area contributed by atoms with E-state index in [0.29, 0.717) is 11.8 Å². The molecule has 0 nitrogen and oxygen atoms in total. The molecule has 2 rings (SSSR count). The van der Waals surface area contributed by atoms with Crippen molar-refractivity contribution in [1.29, 1.82) is 0 Å². The molecule has 19 heavy (non-hydrogen) atoms. The van der Waals surface area contributed by atoms with E-state index in [9.17, 15) is 0 Å². The zero-order chi connectivity index (χ0) is 13.7. The smallest absolute Gasteiger partial charge is 0.000711 e. The molecule has 0 saturated heterocycles. The highest BCUT2D eigenvalue weighted by molar-refractivity contribution is 5.51. The van der Waals surface area contributed by atoms with Gasteiger partial charge in [0.25, 0.3) is 0 Å². The fourth-order valence-electron chi connectivity index (χ4n) is 2.12. The third-order valence-corrected chi connectivity index (χ3v) is 3.51. The first-order valence-corrected chi connectivity index (χ1v) is 7.00. The van der Waals surface area contributed by atoms with Gasteiger partial charge in [-0.25, -0.2) is 0 Å². The van der Waals surface area contributed by atoms with Crippen LogP contribution in [0.5, 0.6) is 0 Å². The lowest BCUT2D eigenvalue weighted by atomic mass is 9.98. The SMILES string of the molecule is CC(C)c1ccc(/C=C/[C@H](C)c2ccccc2)cc1. The van der Waals surface area contributed by atoms with Crippen LogP contribution in [0.1, 0.15) is 49.3 Å². The average Bonchev–Trinajstić information content (AvgIpc) is 2.46. The van der Waals surface area contributed by atoms with Crippen LogP contribution in [0.4, 0.5) is 0 Å². The molecule has 0 aliphatic rings. The van der Waals surface area contributed by atoms with E-state index in [4.69, 9.17) is 0 Å². The van der Waals surface area contributed by atoms with Gasteiger partial charge in [0.05, 0.1) is 0 Å². The standard InChI is InChI=1S/C19H22/c1-15(2)18-13-11-17(12-14-18)10-9-16(3)19-7-5-4-6-8-19/h4-16H,1-3H3/b10-9+/t16-/m0/s1. The van der Waals surface area contributed by atoms with Crippen LogP contribution < -0.4 is 0 Å². The van der Waals surface area contributed by atoms with Crippen LogP contribution in [0.15, 0.2) is 60.7 Å². The first-order chi connectivity index (χ1) is 9.16. The maximum Gasteiger partial charge on any atom is -0.000711 e. The van der Waals surface area contributed by atoms with Crippen molar-refractivity contribution in [2.24, 2.45) is 0 Å². The Morgan fingerprint density at radius 3 is 1.95 bits per heavy atom. The highest BCUT2D eigenvalue weighted by Gasteiger charge is 2.00. The monoisotopic (exact) mass is 250 g/mol. The first-order valence-electron chi connectivity index (χ1n) is 7.00. The van der Waals surface area contributed by atoms with Gasteiger partial charge in [0, 0.05) is 0 Å².